The highest BCUT2D eigenvalue weighted by atomic mass is 19.1. The molecule has 1 heterocycles. The molecule has 0 aliphatic heterocycles. The largest absolute Gasteiger partial charge is 0.338 e. The van der Waals surface area contributed by atoms with Crippen molar-refractivity contribution in [1.29, 1.82) is 5.26 Å². The third kappa shape index (κ3) is 3.31. The second-order valence-electron chi connectivity index (χ2n) is 6.75. The van der Waals surface area contributed by atoms with Crippen LogP contribution >= 0.6 is 0 Å². The van der Waals surface area contributed by atoms with Gasteiger partial charge in [0, 0.05) is 5.56 Å². The molecule has 0 N–H and O–H groups in total. The predicted molar refractivity (Wildman–Crippen MR) is 111 cm³/mol. The lowest BCUT2D eigenvalue weighted by atomic mass is 10.1. The number of imidazole rings is 1. The number of benzene rings is 3. The Kier molecular flexibility index (Phi) is 5.03. The summed E-state index contributed by atoms with van der Waals surface area (Å²) in [7, 11) is 0. The van der Waals surface area contributed by atoms with Gasteiger partial charge < -0.3 is 0 Å². The molecule has 0 amide bonds. The summed E-state index contributed by atoms with van der Waals surface area (Å²) in [4.78, 5) is 13.5. The SMILES string of the molecule is CCc1c(-c2cccc(C#N)c2)n(-c2ccc(F)cc2)c(=O)n1-c1ccc(F)cc1. The monoisotopic (exact) mass is 401 g/mol. The third-order valence-corrected chi connectivity index (χ3v) is 4.92. The molecule has 0 unspecified atom stereocenters. The number of hydrogen-bond acceptors (Lipinski definition) is 2. The lowest BCUT2D eigenvalue weighted by Crippen LogP contribution is -2.23. The van der Waals surface area contributed by atoms with Gasteiger partial charge in [0.25, 0.3) is 0 Å². The predicted octanol–water partition coefficient (Wildman–Crippen LogP) is 5.01. The van der Waals surface area contributed by atoms with Crippen LogP contribution < -0.4 is 5.69 Å². The summed E-state index contributed by atoms with van der Waals surface area (Å²) in [6.07, 6.45) is 0.507. The first-order valence-electron chi connectivity index (χ1n) is 9.42. The van der Waals surface area contributed by atoms with Gasteiger partial charge in [-0.05, 0) is 67.1 Å². The lowest BCUT2D eigenvalue weighted by Gasteiger charge is -2.10. The Balaban J connectivity index is 2.09. The Bertz CT molecular complexity index is 1310. The molecule has 4 nitrogen and oxygen atoms in total. The lowest BCUT2D eigenvalue weighted by molar-refractivity contribution is 0.627. The van der Waals surface area contributed by atoms with E-state index in [2.05, 4.69) is 6.07 Å². The molecule has 0 aliphatic rings. The Morgan fingerprint density at radius 2 is 1.43 bits per heavy atom. The summed E-state index contributed by atoms with van der Waals surface area (Å²) in [6, 6.07) is 20.4. The molecule has 0 saturated heterocycles. The maximum absolute atomic E-state index is 13.5. The van der Waals surface area contributed by atoms with Crippen LogP contribution in [0.2, 0.25) is 0 Å². The zero-order valence-electron chi connectivity index (χ0n) is 16.1. The van der Waals surface area contributed by atoms with E-state index in [4.69, 9.17) is 0 Å². The van der Waals surface area contributed by atoms with Crippen molar-refractivity contribution in [3.05, 3.63) is 106 Å². The normalized spacial score (nSPS) is 10.7. The van der Waals surface area contributed by atoms with Crippen molar-refractivity contribution in [2.24, 2.45) is 0 Å². The van der Waals surface area contributed by atoms with Crippen molar-refractivity contribution in [2.45, 2.75) is 13.3 Å². The number of rotatable bonds is 4. The Morgan fingerprint density at radius 3 is 1.97 bits per heavy atom. The number of aromatic nitrogens is 2. The smallest absolute Gasteiger partial charge is 0.264 e. The second-order valence-corrected chi connectivity index (χ2v) is 6.75. The molecule has 0 radical (unpaired) electrons. The summed E-state index contributed by atoms with van der Waals surface area (Å²) in [6.45, 7) is 1.92. The molecule has 0 aliphatic carbocycles. The zero-order valence-corrected chi connectivity index (χ0v) is 16.1. The van der Waals surface area contributed by atoms with Crippen LogP contribution in [0.4, 0.5) is 8.78 Å². The first-order valence-corrected chi connectivity index (χ1v) is 9.42. The van der Waals surface area contributed by atoms with E-state index in [1.807, 2.05) is 13.0 Å². The Hall–Kier alpha value is -3.98. The molecule has 4 rings (SSSR count). The maximum Gasteiger partial charge on any atom is 0.338 e. The van der Waals surface area contributed by atoms with Gasteiger partial charge in [0.05, 0.1) is 34.4 Å². The van der Waals surface area contributed by atoms with Crippen LogP contribution in [0.15, 0.2) is 77.6 Å². The van der Waals surface area contributed by atoms with Gasteiger partial charge in [-0.1, -0.05) is 19.1 Å². The number of nitrogens with zero attached hydrogens (tertiary/aromatic N) is 3. The molecule has 3 aromatic carbocycles. The molecule has 0 bridgehead atoms. The fourth-order valence-electron chi connectivity index (χ4n) is 3.59. The van der Waals surface area contributed by atoms with Crippen LogP contribution in [-0.4, -0.2) is 9.13 Å². The van der Waals surface area contributed by atoms with Gasteiger partial charge in [0.1, 0.15) is 11.6 Å². The minimum atomic E-state index is -0.409. The van der Waals surface area contributed by atoms with Crippen LogP contribution in [0.1, 0.15) is 18.2 Å². The van der Waals surface area contributed by atoms with E-state index in [0.29, 0.717) is 40.3 Å². The molecule has 30 heavy (non-hydrogen) atoms. The molecule has 0 saturated carbocycles. The molecular weight excluding hydrogens is 384 g/mol. The maximum atomic E-state index is 13.5. The average Bonchev–Trinajstić information content (AvgIpc) is 3.07. The highest BCUT2D eigenvalue weighted by molar-refractivity contribution is 5.68. The van der Waals surface area contributed by atoms with E-state index in [1.165, 1.54) is 45.5 Å². The van der Waals surface area contributed by atoms with Crippen LogP contribution in [-0.2, 0) is 6.42 Å². The van der Waals surface area contributed by atoms with E-state index in [9.17, 15) is 18.8 Å². The summed E-state index contributed by atoms with van der Waals surface area (Å²) >= 11 is 0. The topological polar surface area (TPSA) is 50.7 Å². The zero-order chi connectivity index (χ0) is 21.3. The van der Waals surface area contributed by atoms with Crippen molar-refractivity contribution in [3.8, 4) is 28.7 Å². The summed E-state index contributed by atoms with van der Waals surface area (Å²) in [5.41, 5.74) is 3.12. The van der Waals surface area contributed by atoms with Crippen LogP contribution in [0.5, 0.6) is 0 Å². The fourth-order valence-corrected chi connectivity index (χ4v) is 3.59. The molecular formula is C24H17F2N3O. The van der Waals surface area contributed by atoms with Gasteiger partial charge >= 0.3 is 5.69 Å². The first kappa shape index (κ1) is 19.3. The van der Waals surface area contributed by atoms with E-state index >= 15 is 0 Å². The number of halogens is 2. The molecule has 6 heteroatoms. The molecule has 1 aromatic heterocycles. The van der Waals surface area contributed by atoms with E-state index in [1.54, 1.807) is 30.3 Å². The summed E-state index contributed by atoms with van der Waals surface area (Å²) < 4.78 is 30.0. The molecule has 4 aromatic rings. The number of nitriles is 1. The van der Waals surface area contributed by atoms with Crippen molar-refractivity contribution in [2.75, 3.05) is 0 Å². The van der Waals surface area contributed by atoms with Crippen molar-refractivity contribution in [3.63, 3.8) is 0 Å². The van der Waals surface area contributed by atoms with E-state index in [-0.39, 0.29) is 5.69 Å². The van der Waals surface area contributed by atoms with Crippen LogP contribution in [0, 0.1) is 23.0 Å². The average molecular weight is 401 g/mol. The van der Waals surface area contributed by atoms with E-state index in [0.717, 1.165) is 0 Å². The van der Waals surface area contributed by atoms with E-state index < -0.39 is 11.6 Å². The first-order chi connectivity index (χ1) is 14.5. The minimum Gasteiger partial charge on any atom is -0.264 e. The van der Waals surface area contributed by atoms with Crippen LogP contribution in [0.3, 0.4) is 0 Å². The van der Waals surface area contributed by atoms with Crippen molar-refractivity contribution >= 4 is 0 Å². The molecule has 148 valence electrons. The van der Waals surface area contributed by atoms with Gasteiger partial charge in [-0.2, -0.15) is 5.26 Å². The van der Waals surface area contributed by atoms with Crippen molar-refractivity contribution < 1.29 is 8.78 Å². The molecule has 0 fully saturated rings. The van der Waals surface area contributed by atoms with Gasteiger partial charge in [0.15, 0.2) is 0 Å². The Morgan fingerprint density at radius 1 is 0.867 bits per heavy atom. The minimum absolute atomic E-state index is 0.359. The van der Waals surface area contributed by atoms with Crippen molar-refractivity contribution in [1.82, 2.24) is 9.13 Å². The quantitative estimate of drug-likeness (QED) is 0.483. The van der Waals surface area contributed by atoms with Gasteiger partial charge in [-0.3, -0.25) is 9.13 Å². The standard InChI is InChI=1S/C24H17F2N3O/c1-2-22-23(17-5-3-4-16(14-17)15-27)29(21-12-8-19(26)9-13-21)24(30)28(22)20-10-6-18(25)7-11-20/h3-14H,2H2,1H3. The third-order valence-electron chi connectivity index (χ3n) is 4.92. The Labute approximate surface area is 171 Å². The molecule has 0 atom stereocenters. The summed E-state index contributed by atoms with van der Waals surface area (Å²) in [5.74, 6) is -0.807. The number of hydrogen-bond donors (Lipinski definition) is 0. The molecule has 0 spiro atoms. The fraction of sp³-hybridized carbons (Fsp3) is 0.0833. The highest BCUT2D eigenvalue weighted by Gasteiger charge is 2.22. The summed E-state index contributed by atoms with van der Waals surface area (Å²) in [5, 5.41) is 9.32. The van der Waals surface area contributed by atoms with Gasteiger partial charge in [-0.15, -0.1) is 0 Å². The van der Waals surface area contributed by atoms with Crippen LogP contribution in [0.25, 0.3) is 22.6 Å². The van der Waals surface area contributed by atoms with Gasteiger partial charge in [-0.25, -0.2) is 13.6 Å². The highest BCUT2D eigenvalue weighted by Crippen LogP contribution is 2.29. The van der Waals surface area contributed by atoms with Gasteiger partial charge in [0.2, 0.25) is 0 Å². The second kappa shape index (κ2) is 7.80.